The van der Waals surface area contributed by atoms with Crippen LogP contribution in [0.4, 0.5) is 0 Å². The molecule has 0 fully saturated rings. The number of hydrogen-bond acceptors (Lipinski definition) is 6. The maximum Gasteiger partial charge on any atom is 0.303 e. The minimum Gasteiger partial charge on any atom is -0.489 e. The number of ether oxygens (including phenoxy) is 1. The van der Waals surface area contributed by atoms with E-state index >= 15 is 0 Å². The van der Waals surface area contributed by atoms with Crippen LogP contribution >= 0.6 is 11.3 Å². The third-order valence-corrected chi connectivity index (χ3v) is 6.38. The van der Waals surface area contributed by atoms with Crippen molar-refractivity contribution < 1.29 is 19.4 Å². The second-order valence-corrected chi connectivity index (χ2v) is 9.36. The number of nitrogens with zero attached hydrogens (tertiary/aromatic N) is 1. The second-order valence-electron chi connectivity index (χ2n) is 8.21. The summed E-state index contributed by atoms with van der Waals surface area (Å²) in [6.07, 6.45) is 2.23. The van der Waals surface area contributed by atoms with E-state index in [2.05, 4.69) is 4.98 Å². The summed E-state index contributed by atoms with van der Waals surface area (Å²) < 4.78 is 5.79. The van der Waals surface area contributed by atoms with Crippen LogP contribution in [-0.2, 0) is 29.0 Å². The molecule has 0 spiro atoms. The molecule has 3 aromatic rings. The summed E-state index contributed by atoms with van der Waals surface area (Å²) in [4.78, 5) is 29.0. The van der Waals surface area contributed by atoms with Crippen LogP contribution in [0.15, 0.2) is 60.8 Å². The van der Waals surface area contributed by atoms with E-state index in [-0.39, 0.29) is 30.3 Å². The Balaban J connectivity index is 1.60. The highest BCUT2D eigenvalue weighted by atomic mass is 32.1. The van der Waals surface area contributed by atoms with Crippen molar-refractivity contribution in [1.82, 2.24) is 4.98 Å². The maximum atomic E-state index is 12.9. The van der Waals surface area contributed by atoms with E-state index in [4.69, 9.17) is 15.3 Å². The minimum absolute atomic E-state index is 0.0219. The lowest BCUT2D eigenvalue weighted by Crippen LogP contribution is -2.26. The number of nitrogens with one attached hydrogen (secondary N) is 1. The smallest absolute Gasteiger partial charge is 0.303 e. The first-order valence-corrected chi connectivity index (χ1v) is 11.7. The first-order chi connectivity index (χ1) is 15.8. The Hall–Kier alpha value is -3.32. The van der Waals surface area contributed by atoms with Gasteiger partial charge in [-0.2, -0.15) is 0 Å². The van der Waals surface area contributed by atoms with E-state index in [0.29, 0.717) is 18.0 Å². The van der Waals surface area contributed by atoms with Gasteiger partial charge in [0.1, 0.15) is 17.4 Å². The number of aromatic nitrogens is 1. The number of carbonyl (C=O) groups excluding carboxylic acids is 1. The molecule has 172 valence electrons. The fraction of sp³-hybridized carbons (Fsp3) is 0.308. The molecule has 1 atom stereocenters. The van der Waals surface area contributed by atoms with Gasteiger partial charge in [0.25, 0.3) is 0 Å². The van der Waals surface area contributed by atoms with Crippen LogP contribution < -0.4 is 4.74 Å². The molecule has 1 aromatic heterocycles. The van der Waals surface area contributed by atoms with E-state index in [9.17, 15) is 9.59 Å². The fourth-order valence-electron chi connectivity index (χ4n) is 3.45. The average Bonchev–Trinajstić information content (AvgIpc) is 3.26. The van der Waals surface area contributed by atoms with Gasteiger partial charge in [0.05, 0.1) is 18.1 Å². The monoisotopic (exact) mass is 464 g/mol. The van der Waals surface area contributed by atoms with Crippen molar-refractivity contribution in [2.45, 2.75) is 45.6 Å². The Labute approximate surface area is 197 Å². The summed E-state index contributed by atoms with van der Waals surface area (Å²) in [6.45, 7) is 4.40. The number of Topliss-reactive ketones (excluding diaryl/α,β-unsaturated/α-hetero) is 1. The van der Waals surface area contributed by atoms with Gasteiger partial charge in [-0.1, -0.05) is 56.3 Å². The highest BCUT2D eigenvalue weighted by Crippen LogP contribution is 2.30. The van der Waals surface area contributed by atoms with Crippen LogP contribution in [-0.4, -0.2) is 27.6 Å². The molecule has 0 saturated heterocycles. The van der Waals surface area contributed by atoms with Gasteiger partial charge < -0.3 is 15.3 Å². The lowest BCUT2D eigenvalue weighted by molar-refractivity contribution is -0.136. The van der Waals surface area contributed by atoms with Gasteiger partial charge in [-0.25, -0.2) is 4.98 Å². The van der Waals surface area contributed by atoms with Gasteiger partial charge in [-0.05, 0) is 35.6 Å². The molecular formula is C26H28N2O4S. The van der Waals surface area contributed by atoms with E-state index in [1.165, 1.54) is 11.3 Å². The largest absolute Gasteiger partial charge is 0.489 e. The molecule has 0 aliphatic heterocycles. The molecule has 33 heavy (non-hydrogen) atoms. The molecule has 3 rings (SSSR count). The number of aryl methyl sites for hydroxylation is 1. The van der Waals surface area contributed by atoms with Gasteiger partial charge in [0.15, 0.2) is 5.78 Å². The van der Waals surface area contributed by atoms with Crippen molar-refractivity contribution in [3.8, 4) is 5.75 Å². The highest BCUT2D eigenvalue weighted by Gasteiger charge is 2.28. The number of aliphatic carboxylic acids is 1. The predicted molar refractivity (Wildman–Crippen MR) is 129 cm³/mol. The standard InChI is InChI=1S/C26H28N2O4S/c1-17(2)24(26-28-15-21(33-26)12-13-23(30)31)25(27)22(29)14-18-8-10-20(11-9-18)32-16-19-6-4-3-5-7-19/h3-11,15,17,24,27H,12-14,16H2,1-2H3,(H,30,31). The lowest BCUT2D eigenvalue weighted by atomic mass is 9.87. The molecule has 0 aliphatic carbocycles. The zero-order valence-corrected chi connectivity index (χ0v) is 19.6. The molecular weight excluding hydrogens is 436 g/mol. The summed E-state index contributed by atoms with van der Waals surface area (Å²) in [7, 11) is 0. The van der Waals surface area contributed by atoms with E-state index in [0.717, 1.165) is 21.8 Å². The highest BCUT2D eigenvalue weighted by molar-refractivity contribution is 7.11. The summed E-state index contributed by atoms with van der Waals surface area (Å²) >= 11 is 1.38. The zero-order valence-electron chi connectivity index (χ0n) is 18.8. The van der Waals surface area contributed by atoms with Crippen molar-refractivity contribution in [1.29, 1.82) is 5.41 Å². The molecule has 0 saturated carbocycles. The quantitative estimate of drug-likeness (QED) is 0.354. The molecule has 2 aromatic carbocycles. The van der Waals surface area contributed by atoms with Crippen LogP contribution in [0.3, 0.4) is 0 Å². The van der Waals surface area contributed by atoms with E-state index < -0.39 is 11.9 Å². The van der Waals surface area contributed by atoms with Crippen LogP contribution in [0.5, 0.6) is 5.75 Å². The normalized spacial score (nSPS) is 11.8. The van der Waals surface area contributed by atoms with Gasteiger partial charge in [0, 0.05) is 17.5 Å². The van der Waals surface area contributed by atoms with E-state index in [1.54, 1.807) is 6.20 Å². The molecule has 0 amide bonds. The summed E-state index contributed by atoms with van der Waals surface area (Å²) in [5.74, 6) is -0.760. The molecule has 2 N–H and O–H groups in total. The molecule has 7 heteroatoms. The number of carbonyl (C=O) groups is 2. The Morgan fingerprint density at radius 1 is 1.06 bits per heavy atom. The number of carboxylic acids is 1. The first-order valence-electron chi connectivity index (χ1n) is 10.9. The lowest BCUT2D eigenvalue weighted by Gasteiger charge is -2.19. The number of carboxylic acid groups (broad SMARTS) is 1. The predicted octanol–water partition coefficient (Wildman–Crippen LogP) is 5.31. The summed E-state index contributed by atoms with van der Waals surface area (Å²) in [5, 5.41) is 18.1. The molecule has 0 radical (unpaired) electrons. The van der Waals surface area contributed by atoms with Crippen molar-refractivity contribution in [3.05, 3.63) is 81.8 Å². The number of benzene rings is 2. The third kappa shape index (κ3) is 7.08. The molecule has 6 nitrogen and oxygen atoms in total. The fourth-order valence-corrected chi connectivity index (χ4v) is 4.65. The molecule has 1 unspecified atom stereocenters. The third-order valence-electron chi connectivity index (χ3n) is 5.24. The van der Waals surface area contributed by atoms with Gasteiger partial charge >= 0.3 is 5.97 Å². The Kier molecular flexibility index (Phi) is 8.49. The van der Waals surface area contributed by atoms with E-state index in [1.807, 2.05) is 68.4 Å². The second kappa shape index (κ2) is 11.5. The molecule has 0 bridgehead atoms. The SMILES string of the molecule is CC(C)C(C(=N)C(=O)Cc1ccc(OCc2ccccc2)cc1)c1ncc(CCC(=O)O)s1. The van der Waals surface area contributed by atoms with Crippen LogP contribution in [0.2, 0.25) is 0 Å². The number of rotatable bonds is 12. The minimum atomic E-state index is -0.857. The number of hydrogen-bond donors (Lipinski definition) is 2. The van der Waals surface area contributed by atoms with Crippen LogP contribution in [0, 0.1) is 11.3 Å². The van der Waals surface area contributed by atoms with Crippen LogP contribution in [0.25, 0.3) is 0 Å². The van der Waals surface area contributed by atoms with Crippen molar-refractivity contribution in [3.63, 3.8) is 0 Å². The summed E-state index contributed by atoms with van der Waals surface area (Å²) in [5.41, 5.74) is 1.94. The van der Waals surface area contributed by atoms with Crippen molar-refractivity contribution in [2.75, 3.05) is 0 Å². The van der Waals surface area contributed by atoms with Gasteiger partial charge in [-0.15, -0.1) is 11.3 Å². The summed E-state index contributed by atoms with van der Waals surface area (Å²) in [6, 6.07) is 17.3. The Morgan fingerprint density at radius 2 is 1.76 bits per heavy atom. The number of thiazole rings is 1. The Morgan fingerprint density at radius 3 is 2.39 bits per heavy atom. The average molecular weight is 465 g/mol. The molecule has 0 aliphatic rings. The topological polar surface area (TPSA) is 100 Å². The zero-order chi connectivity index (χ0) is 23.8. The van der Waals surface area contributed by atoms with Gasteiger partial charge in [0.2, 0.25) is 0 Å². The number of ketones is 1. The first kappa shape index (κ1) is 24.3. The van der Waals surface area contributed by atoms with Crippen molar-refractivity contribution >= 4 is 28.8 Å². The maximum absolute atomic E-state index is 12.9. The van der Waals surface area contributed by atoms with Crippen LogP contribution in [0.1, 0.15) is 47.2 Å². The molecule has 1 heterocycles. The van der Waals surface area contributed by atoms with Crippen molar-refractivity contribution in [2.24, 2.45) is 5.92 Å². The van der Waals surface area contributed by atoms with Gasteiger partial charge in [-0.3, -0.25) is 9.59 Å². The Bertz CT molecular complexity index is 1090.